The number of nitrogens with zero attached hydrogens (tertiary/aromatic N) is 1. The number of hydrogen-bond acceptors (Lipinski definition) is 2. The molecule has 1 nitrogen and oxygen atoms in total. The summed E-state index contributed by atoms with van der Waals surface area (Å²) in [4.78, 5) is 1.96. The van der Waals surface area contributed by atoms with Gasteiger partial charge in [0.05, 0.1) is 0 Å². The van der Waals surface area contributed by atoms with Crippen molar-refractivity contribution in [2.45, 2.75) is 27.7 Å². The minimum absolute atomic E-state index is 0. The van der Waals surface area contributed by atoms with Crippen LogP contribution in [0.3, 0.4) is 0 Å². The van der Waals surface area contributed by atoms with E-state index in [1.807, 2.05) is 109 Å². The standard InChI is InChI=1S/C6H7.C6H6.C5H11NS2.C5H5.C5H4.Au.2Fe/c2*1-6-4-2-3-5-6;1-3-6(4-2)5(7)8;2*1-2-4-5-3-1;;;/h2-5H,1H3;2,4-5H,1H3;3-4H2,1-2H3,(H,7,8);1-5H;1-4H;;;/q;-1;;;-1;+3;;/p-1. The van der Waals surface area contributed by atoms with Gasteiger partial charge in [-0.05, 0) is 77.6 Å². The van der Waals surface area contributed by atoms with Gasteiger partial charge in [-0.1, -0.05) is 43.3 Å². The Morgan fingerprint density at radius 1 is 0.727 bits per heavy atom. The molecule has 0 atom stereocenters. The topological polar surface area (TPSA) is 3.24 Å². The van der Waals surface area contributed by atoms with Crippen molar-refractivity contribution in [2.24, 2.45) is 0 Å². The van der Waals surface area contributed by atoms with E-state index in [1.165, 1.54) is 11.8 Å². The van der Waals surface area contributed by atoms with Crippen molar-refractivity contribution >= 4 is 29.2 Å². The summed E-state index contributed by atoms with van der Waals surface area (Å²) in [6.07, 6.45) is 37.6. The molecule has 33 heavy (non-hydrogen) atoms. The van der Waals surface area contributed by atoms with E-state index in [1.54, 1.807) is 0 Å². The smallest absolute Gasteiger partial charge is 0.474 e. The molecule has 0 unspecified atom stereocenters. The van der Waals surface area contributed by atoms with E-state index in [2.05, 4.69) is 39.5 Å². The average Bonchev–Trinajstić information content (AvgIpc) is 3.54. The molecule has 0 heterocycles. The van der Waals surface area contributed by atoms with Crippen LogP contribution in [0.15, 0.2) is 0 Å². The number of thiocarbonyl (C=S) groups is 1. The van der Waals surface area contributed by atoms with E-state index in [9.17, 15) is 0 Å². The molecular formula is C27H32AuFe2NS2. The summed E-state index contributed by atoms with van der Waals surface area (Å²) < 4.78 is 0.579. The zero-order valence-corrected chi connectivity index (χ0v) is 25.4. The molecule has 4 rings (SSSR count). The van der Waals surface area contributed by atoms with Gasteiger partial charge >= 0.3 is 22.4 Å². The second kappa shape index (κ2) is 31.9. The number of rotatable bonds is 2. The molecule has 0 amide bonds. The summed E-state index contributed by atoms with van der Waals surface area (Å²) in [5, 5.41) is 0. The maximum Gasteiger partial charge on any atom is 3.00 e. The van der Waals surface area contributed by atoms with E-state index in [0.29, 0.717) is 4.32 Å². The third-order valence-corrected chi connectivity index (χ3v) is 4.17. The molecular weight excluding hydrogens is 711 g/mol. The molecule has 4 saturated carbocycles. The molecule has 0 aromatic carbocycles. The first-order valence-corrected chi connectivity index (χ1v) is 10.8. The second-order valence-electron chi connectivity index (χ2n) is 6.14. The zero-order valence-electron chi connectivity index (χ0n) is 19.4. The average molecular weight is 743 g/mol. The van der Waals surface area contributed by atoms with Crippen LogP contribution in [0.4, 0.5) is 0 Å². The first-order chi connectivity index (χ1) is 14.5. The van der Waals surface area contributed by atoms with Crippen molar-refractivity contribution in [3.63, 3.8) is 0 Å². The van der Waals surface area contributed by atoms with Gasteiger partial charge in [-0.15, -0.1) is 0 Å². The predicted octanol–water partition coefficient (Wildman–Crippen LogP) is 5.77. The largest absolute Gasteiger partial charge is 3.00 e. The first-order valence-electron chi connectivity index (χ1n) is 9.99. The van der Waals surface area contributed by atoms with Crippen LogP contribution < -0.4 is 0 Å². The Labute approximate surface area is 256 Å². The summed E-state index contributed by atoms with van der Waals surface area (Å²) >= 11 is 9.51. The van der Waals surface area contributed by atoms with Crippen LogP contribution in [-0.4, -0.2) is 22.3 Å². The molecule has 0 N–H and O–H groups in total. The monoisotopic (exact) mass is 743 g/mol. The third-order valence-electron chi connectivity index (χ3n) is 3.66. The van der Waals surface area contributed by atoms with Crippen molar-refractivity contribution in [1.82, 2.24) is 4.90 Å². The van der Waals surface area contributed by atoms with Crippen molar-refractivity contribution in [3.8, 4) is 0 Å². The van der Waals surface area contributed by atoms with Crippen LogP contribution >= 0.6 is 12.2 Å². The fourth-order valence-electron chi connectivity index (χ4n) is 1.96. The van der Waals surface area contributed by atoms with Gasteiger partial charge in [-0.3, -0.25) is 0 Å². The summed E-state index contributed by atoms with van der Waals surface area (Å²) in [5.41, 5.74) is 0. The minimum Gasteiger partial charge on any atom is -0.474 e. The van der Waals surface area contributed by atoms with Crippen molar-refractivity contribution < 1.29 is 56.5 Å². The Kier molecular flexibility index (Phi) is 40.6. The van der Waals surface area contributed by atoms with Crippen LogP contribution in [-0.2, 0) is 69.1 Å². The molecule has 0 spiro atoms. The SMILES string of the molecule is CCN(CC)C(=S)[S-].C[C]1[CH][C-][CH][CH]1.C[C]1[CH][CH][CH][CH]1.[Au+3].[C-]1[CH][CH][CH][CH]1.[CH]1[CH][CH][CH][CH]1.[Fe].[Fe]. The van der Waals surface area contributed by atoms with E-state index in [0.717, 1.165) is 13.1 Å². The van der Waals surface area contributed by atoms with Crippen molar-refractivity contribution in [1.29, 1.82) is 0 Å². The van der Waals surface area contributed by atoms with Crippen LogP contribution in [0.1, 0.15) is 27.7 Å². The first kappa shape index (κ1) is 42.0. The zero-order chi connectivity index (χ0) is 22.5. The molecule has 0 bridgehead atoms. The molecule has 20 radical (unpaired) electrons. The Morgan fingerprint density at radius 2 is 1.18 bits per heavy atom. The normalized spacial score (nSPS) is 18.7. The fraction of sp³-hybridized carbons (Fsp3) is 0.222. The molecule has 0 aromatic heterocycles. The Hall–Kier alpha value is 1.89. The molecule has 184 valence electrons. The predicted molar refractivity (Wildman–Crippen MR) is 136 cm³/mol. The summed E-state index contributed by atoms with van der Waals surface area (Å²) in [6, 6.07) is 0. The van der Waals surface area contributed by atoms with Gasteiger partial charge in [0.2, 0.25) is 0 Å². The Bertz CT molecular complexity index is 326. The van der Waals surface area contributed by atoms with Crippen molar-refractivity contribution in [2.75, 3.05) is 13.1 Å². The molecule has 0 saturated heterocycles. The van der Waals surface area contributed by atoms with Gasteiger partial charge in [0.1, 0.15) is 0 Å². The molecule has 6 heteroatoms. The summed E-state index contributed by atoms with van der Waals surface area (Å²) in [5.74, 6) is 2.63. The Balaban J connectivity index is -0.000000157. The summed E-state index contributed by atoms with van der Waals surface area (Å²) in [6.45, 7) is 10.1. The van der Waals surface area contributed by atoms with E-state index in [4.69, 9.17) is 24.8 Å². The minimum atomic E-state index is 0. The van der Waals surface area contributed by atoms with E-state index >= 15 is 0 Å². The van der Waals surface area contributed by atoms with Crippen LogP contribution in [0, 0.1) is 127 Å². The van der Waals surface area contributed by atoms with Gasteiger partial charge in [0, 0.05) is 47.2 Å². The van der Waals surface area contributed by atoms with Gasteiger partial charge in [-0.25, -0.2) is 25.7 Å². The number of hydrogen-bond donors (Lipinski definition) is 0. The maximum absolute atomic E-state index is 4.76. The molecule has 0 aromatic rings. The molecule has 4 fully saturated rings. The molecule has 0 aliphatic heterocycles. The second-order valence-corrected chi connectivity index (χ2v) is 7.17. The van der Waals surface area contributed by atoms with E-state index in [-0.39, 0.29) is 56.5 Å². The van der Waals surface area contributed by atoms with Gasteiger partial charge in [0.25, 0.3) is 0 Å². The Morgan fingerprint density at radius 3 is 1.30 bits per heavy atom. The fourth-order valence-corrected chi connectivity index (χ4v) is 2.47. The summed E-state index contributed by atoms with van der Waals surface area (Å²) in [7, 11) is 0. The van der Waals surface area contributed by atoms with Crippen LogP contribution in [0.25, 0.3) is 0 Å². The quantitative estimate of drug-likeness (QED) is 0.153. The molecule has 4 aliphatic rings. The molecule has 4 aliphatic carbocycles. The van der Waals surface area contributed by atoms with Gasteiger partial charge < -0.3 is 42.6 Å². The maximum atomic E-state index is 4.76. The van der Waals surface area contributed by atoms with Gasteiger partial charge in [0.15, 0.2) is 0 Å². The third kappa shape index (κ3) is 30.0. The van der Waals surface area contributed by atoms with E-state index < -0.39 is 0 Å². The van der Waals surface area contributed by atoms with Gasteiger partial charge in [-0.2, -0.15) is 0 Å². The van der Waals surface area contributed by atoms with Crippen LogP contribution in [0.5, 0.6) is 0 Å². The van der Waals surface area contributed by atoms with Crippen LogP contribution in [0.2, 0.25) is 0 Å². The van der Waals surface area contributed by atoms with Crippen molar-refractivity contribution in [3.05, 3.63) is 127 Å².